The summed E-state index contributed by atoms with van der Waals surface area (Å²) in [4.78, 5) is 14.7. The lowest BCUT2D eigenvalue weighted by Gasteiger charge is -2.71. The highest BCUT2D eigenvalue weighted by molar-refractivity contribution is 5.79. The molecule has 4 saturated carbocycles. The van der Waals surface area contributed by atoms with E-state index in [9.17, 15) is 66.1 Å². The molecule has 19 heteroatoms. The third kappa shape index (κ3) is 8.10. The van der Waals surface area contributed by atoms with Crippen LogP contribution in [0.1, 0.15) is 106 Å². The first kappa shape index (κ1) is 51.9. The maximum Gasteiger partial charge on any atom is 0.315 e. The molecule has 0 amide bonds. The second-order valence-electron chi connectivity index (χ2n) is 23.3. The van der Waals surface area contributed by atoms with Crippen molar-refractivity contribution in [2.75, 3.05) is 26.4 Å². The minimum atomic E-state index is -1.80. The van der Waals surface area contributed by atoms with E-state index in [1.165, 1.54) is 5.57 Å². The molecule has 12 N–H and O–H groups in total. The highest BCUT2D eigenvalue weighted by Crippen LogP contribution is 2.76. The molecule has 67 heavy (non-hydrogen) atoms. The van der Waals surface area contributed by atoms with Crippen LogP contribution in [-0.4, -0.2) is 192 Å². The third-order valence-electron chi connectivity index (χ3n) is 19.6. The van der Waals surface area contributed by atoms with Crippen molar-refractivity contribution in [1.82, 2.24) is 0 Å². The Labute approximate surface area is 392 Å². The first-order chi connectivity index (χ1) is 31.4. The van der Waals surface area contributed by atoms with Crippen LogP contribution in [0.25, 0.3) is 0 Å². The molecule has 8 rings (SSSR count). The van der Waals surface area contributed by atoms with E-state index >= 15 is 0 Å². The van der Waals surface area contributed by atoms with E-state index in [1.807, 2.05) is 6.92 Å². The molecular weight excluding hydrogens is 881 g/mol. The Morgan fingerprint density at radius 2 is 1.16 bits per heavy atom. The number of allylic oxidation sites excluding steroid dienone is 2. The fraction of sp³-hybridized carbons (Fsp3) is 0.938. The van der Waals surface area contributed by atoms with Gasteiger partial charge in [-0.05, 0) is 109 Å². The van der Waals surface area contributed by atoms with E-state index in [2.05, 4.69) is 40.7 Å². The van der Waals surface area contributed by atoms with E-state index in [-0.39, 0.29) is 40.6 Å². The Kier molecular flexibility index (Phi) is 14.4. The third-order valence-corrected chi connectivity index (χ3v) is 19.6. The van der Waals surface area contributed by atoms with Crippen molar-refractivity contribution in [3.63, 3.8) is 0 Å². The summed E-state index contributed by atoms with van der Waals surface area (Å²) in [5, 5.41) is 126. The number of hydrogen-bond donors (Lipinski definition) is 12. The van der Waals surface area contributed by atoms with Gasteiger partial charge in [0.05, 0.1) is 31.3 Å². The molecule has 24 atom stereocenters. The fourth-order valence-electron chi connectivity index (χ4n) is 15.1. The smallest absolute Gasteiger partial charge is 0.315 e. The summed E-state index contributed by atoms with van der Waals surface area (Å²) in [6.07, 6.45) is -15.0. The van der Waals surface area contributed by atoms with Crippen molar-refractivity contribution >= 4 is 5.97 Å². The maximum atomic E-state index is 14.7. The Morgan fingerprint density at radius 3 is 1.76 bits per heavy atom. The highest BCUT2D eigenvalue weighted by Gasteiger charge is 2.70. The molecule has 3 saturated heterocycles. The second kappa shape index (κ2) is 18.5. The van der Waals surface area contributed by atoms with Crippen molar-refractivity contribution in [2.45, 2.75) is 204 Å². The van der Waals surface area contributed by atoms with E-state index in [0.29, 0.717) is 38.5 Å². The quantitative estimate of drug-likeness (QED) is 0.0718. The van der Waals surface area contributed by atoms with Crippen LogP contribution in [0.3, 0.4) is 0 Å². The summed E-state index contributed by atoms with van der Waals surface area (Å²) in [7, 11) is 0. The van der Waals surface area contributed by atoms with Crippen LogP contribution < -0.4 is 0 Å². The fourth-order valence-corrected chi connectivity index (χ4v) is 15.1. The van der Waals surface area contributed by atoms with Crippen molar-refractivity contribution in [3.8, 4) is 0 Å². The van der Waals surface area contributed by atoms with Gasteiger partial charge in [0.25, 0.3) is 0 Å². The van der Waals surface area contributed by atoms with Crippen LogP contribution in [-0.2, 0) is 33.2 Å². The normalized spacial score (nSPS) is 54.1. The van der Waals surface area contributed by atoms with Crippen LogP contribution in [0.2, 0.25) is 0 Å². The predicted octanol–water partition coefficient (Wildman–Crippen LogP) is -0.887. The van der Waals surface area contributed by atoms with Crippen molar-refractivity contribution < 1.29 is 94.5 Å². The van der Waals surface area contributed by atoms with Crippen LogP contribution >= 0.6 is 0 Å². The summed E-state index contributed by atoms with van der Waals surface area (Å²) in [6.45, 7) is 11.4. The van der Waals surface area contributed by atoms with Gasteiger partial charge in [-0.1, -0.05) is 53.2 Å². The molecule has 8 aliphatic rings. The van der Waals surface area contributed by atoms with Gasteiger partial charge in [-0.15, -0.1) is 0 Å². The molecule has 3 heterocycles. The monoisotopic (exact) mass is 959 g/mol. The van der Waals surface area contributed by atoms with Gasteiger partial charge >= 0.3 is 5.97 Å². The second-order valence-corrected chi connectivity index (χ2v) is 23.3. The van der Waals surface area contributed by atoms with Crippen LogP contribution in [0.4, 0.5) is 0 Å². The summed E-state index contributed by atoms with van der Waals surface area (Å²) in [5.41, 5.74) is -1.51. The van der Waals surface area contributed by atoms with Crippen LogP contribution in [0, 0.1) is 50.2 Å². The zero-order chi connectivity index (χ0) is 49.0. The summed E-state index contributed by atoms with van der Waals surface area (Å²) >= 11 is 0. The largest absolute Gasteiger partial charge is 0.432 e. The van der Waals surface area contributed by atoms with Crippen LogP contribution in [0.5, 0.6) is 0 Å². The minimum Gasteiger partial charge on any atom is -0.432 e. The lowest BCUT2D eigenvalue weighted by Crippen LogP contribution is -2.67. The van der Waals surface area contributed by atoms with Crippen LogP contribution in [0.15, 0.2) is 11.6 Å². The zero-order valence-corrected chi connectivity index (χ0v) is 39.7. The summed E-state index contributed by atoms with van der Waals surface area (Å²) in [5.74, 6) is -0.502. The number of rotatable bonds is 10. The molecule has 0 radical (unpaired) electrons. The maximum absolute atomic E-state index is 14.7. The van der Waals surface area contributed by atoms with Gasteiger partial charge in [-0.3, -0.25) is 4.79 Å². The number of aliphatic hydroxyl groups excluding tert-OH is 12. The van der Waals surface area contributed by atoms with Gasteiger partial charge in [0.1, 0.15) is 73.2 Å². The highest BCUT2D eigenvalue weighted by atomic mass is 16.7. The molecule has 0 aromatic heterocycles. The van der Waals surface area contributed by atoms with Gasteiger partial charge in [0, 0.05) is 6.61 Å². The van der Waals surface area contributed by atoms with E-state index in [0.717, 1.165) is 25.7 Å². The summed E-state index contributed by atoms with van der Waals surface area (Å²) in [6, 6.07) is 0. The van der Waals surface area contributed by atoms with Gasteiger partial charge in [-0.25, -0.2) is 0 Å². The molecule has 3 aliphatic heterocycles. The van der Waals surface area contributed by atoms with Crippen molar-refractivity contribution in [3.05, 3.63) is 11.6 Å². The van der Waals surface area contributed by atoms with Crippen molar-refractivity contribution in [2.24, 2.45) is 50.2 Å². The molecule has 19 nitrogen and oxygen atoms in total. The molecule has 0 aromatic carbocycles. The van der Waals surface area contributed by atoms with Gasteiger partial charge in [0.2, 0.25) is 6.29 Å². The number of ether oxygens (including phenoxy) is 6. The zero-order valence-electron chi connectivity index (χ0n) is 39.7. The minimum absolute atomic E-state index is 0.0562. The molecule has 5 aliphatic carbocycles. The Bertz CT molecular complexity index is 1810. The summed E-state index contributed by atoms with van der Waals surface area (Å²) < 4.78 is 35.7. The Balaban J connectivity index is 1.03. The topological polar surface area (TPSA) is 315 Å². The standard InChI is InChI=1S/C48H78O19/c1-43(2)27-9-12-47(6)28(45(27,4)11-10-29(43)65-41-37(60)38(32(55)26(20-51)64-41)66-39-35(58)33(56)30(53)24(18-49)62-39)8-7-22-23-17-44(3,21-52)13-15-48(23,16-14-46(22,47)5)42(61)67-40-36(59)34(57)31(54)25(19-50)63-40/h7,23-41,49-60H,8-21H2,1-6H3/t23?,24-,25-,26-,27?,28?,29+,30-,31-,32-,33+,34+,35-,36-,37-,38+,39+,40+,41+,44-,45+,46-,47-,48+/m1/s1. The van der Waals surface area contributed by atoms with E-state index in [1.54, 1.807) is 0 Å². The van der Waals surface area contributed by atoms with Crippen molar-refractivity contribution in [1.29, 1.82) is 0 Å². The first-order valence-corrected chi connectivity index (χ1v) is 24.5. The first-order valence-electron chi connectivity index (χ1n) is 24.5. The number of fused-ring (bicyclic) bond motifs is 7. The number of carbonyl (C=O) groups excluding carboxylic acids is 1. The molecular formula is C48H78O19. The lowest BCUT2D eigenvalue weighted by atomic mass is 9.33. The number of aliphatic hydroxyl groups is 12. The average molecular weight is 959 g/mol. The number of carbonyl (C=O) groups is 1. The van der Waals surface area contributed by atoms with Gasteiger partial charge < -0.3 is 89.7 Å². The molecule has 7 fully saturated rings. The lowest BCUT2D eigenvalue weighted by molar-refractivity contribution is -0.369. The predicted molar refractivity (Wildman–Crippen MR) is 232 cm³/mol. The number of hydrogen-bond acceptors (Lipinski definition) is 19. The SMILES string of the molecule is CC1(C)C2CC[C@]3(C)C(CC=C4C5C[C@](C)(CO)CC[C@]5(C(=O)O[C@@H]5O[C@H](CO)[C@@H](O)[C@H](O)[C@H]5O)CC[C@]43C)[C@@]2(C)CC[C@@H]1O[C@@H]1O[C@H](CO)[C@@H](O)[C@H](O[C@@H]2O[C@H](CO)[C@@H](O)[C@H](O)[C@H]2O)[C@H]1O. The molecule has 0 spiro atoms. The Hall–Kier alpha value is -1.47. The molecule has 384 valence electrons. The molecule has 3 unspecified atom stereocenters. The molecule has 0 bridgehead atoms. The van der Waals surface area contributed by atoms with Gasteiger partial charge in [-0.2, -0.15) is 0 Å². The van der Waals surface area contributed by atoms with Gasteiger partial charge in [0.15, 0.2) is 12.6 Å². The number of esters is 1. The van der Waals surface area contributed by atoms with E-state index < -0.39 is 140 Å². The van der Waals surface area contributed by atoms with E-state index in [4.69, 9.17) is 28.4 Å². The molecule has 0 aromatic rings. The Morgan fingerprint density at radius 1 is 0.612 bits per heavy atom. The average Bonchev–Trinajstić information content (AvgIpc) is 3.29.